The second kappa shape index (κ2) is 6.20. The minimum absolute atomic E-state index is 0.0756. The van der Waals surface area contributed by atoms with Crippen LogP contribution in [0, 0.1) is 13.8 Å². The van der Waals surface area contributed by atoms with Gasteiger partial charge in [0.2, 0.25) is 0 Å². The highest BCUT2D eigenvalue weighted by atomic mass is 16.5. The number of aromatic nitrogens is 3. The Morgan fingerprint density at radius 2 is 2.04 bits per heavy atom. The Balaban J connectivity index is 1.59. The van der Waals surface area contributed by atoms with Crippen LogP contribution in [0.15, 0.2) is 30.3 Å². The van der Waals surface area contributed by atoms with Gasteiger partial charge in [0.25, 0.3) is 5.91 Å². The van der Waals surface area contributed by atoms with E-state index in [1.165, 1.54) is 0 Å². The van der Waals surface area contributed by atoms with E-state index >= 15 is 0 Å². The number of amides is 1. The van der Waals surface area contributed by atoms with Crippen LogP contribution in [0.25, 0.3) is 10.9 Å². The molecule has 0 N–H and O–H groups in total. The topological polar surface area (TPSA) is 52.3 Å². The predicted molar refractivity (Wildman–Crippen MR) is 101 cm³/mol. The molecule has 3 heterocycles. The molecular formula is C20H24N4O2. The van der Waals surface area contributed by atoms with Crippen LogP contribution in [0.1, 0.15) is 34.3 Å². The molecule has 6 nitrogen and oxygen atoms in total. The average molecular weight is 352 g/mol. The summed E-state index contributed by atoms with van der Waals surface area (Å²) < 4.78 is 9.32. The van der Waals surface area contributed by atoms with E-state index in [9.17, 15) is 4.79 Å². The molecule has 26 heavy (non-hydrogen) atoms. The van der Waals surface area contributed by atoms with Crippen LogP contribution in [0.5, 0.6) is 5.75 Å². The lowest BCUT2D eigenvalue weighted by Gasteiger charge is -2.18. The molecule has 0 radical (unpaired) electrons. The molecule has 6 heteroatoms. The van der Waals surface area contributed by atoms with Gasteiger partial charge in [0, 0.05) is 37.3 Å². The Morgan fingerprint density at radius 3 is 2.73 bits per heavy atom. The van der Waals surface area contributed by atoms with Crippen molar-refractivity contribution >= 4 is 16.8 Å². The lowest BCUT2D eigenvalue weighted by molar-refractivity contribution is 0.0778. The van der Waals surface area contributed by atoms with Gasteiger partial charge in [0.05, 0.1) is 24.4 Å². The van der Waals surface area contributed by atoms with Crippen molar-refractivity contribution in [2.75, 3.05) is 20.2 Å². The summed E-state index contributed by atoms with van der Waals surface area (Å²) in [6.45, 7) is 5.53. The molecule has 0 spiro atoms. The molecule has 1 aliphatic rings. The van der Waals surface area contributed by atoms with Crippen molar-refractivity contribution in [1.82, 2.24) is 19.2 Å². The third-order valence-electron chi connectivity index (χ3n) is 5.31. The third-order valence-corrected chi connectivity index (χ3v) is 5.31. The van der Waals surface area contributed by atoms with E-state index in [-0.39, 0.29) is 11.9 Å². The second-order valence-electron chi connectivity index (χ2n) is 7.08. The number of hydrogen-bond donors (Lipinski definition) is 0. The summed E-state index contributed by atoms with van der Waals surface area (Å²) in [6, 6.07) is 10.2. The second-order valence-corrected chi connectivity index (χ2v) is 7.08. The zero-order chi connectivity index (χ0) is 18.4. The van der Waals surface area contributed by atoms with Crippen LogP contribution in [-0.4, -0.2) is 45.4 Å². The van der Waals surface area contributed by atoms with Crippen LogP contribution in [0.3, 0.4) is 0 Å². The molecule has 1 amide bonds. The molecule has 2 aromatic heterocycles. The van der Waals surface area contributed by atoms with E-state index in [4.69, 9.17) is 4.74 Å². The van der Waals surface area contributed by atoms with Gasteiger partial charge < -0.3 is 14.2 Å². The summed E-state index contributed by atoms with van der Waals surface area (Å²) in [5.74, 6) is 0.871. The summed E-state index contributed by atoms with van der Waals surface area (Å²) >= 11 is 0. The number of hydrogen-bond acceptors (Lipinski definition) is 3. The molecular weight excluding hydrogens is 328 g/mol. The van der Waals surface area contributed by atoms with Gasteiger partial charge in [-0.2, -0.15) is 5.10 Å². The van der Waals surface area contributed by atoms with E-state index in [1.54, 1.807) is 7.11 Å². The van der Waals surface area contributed by atoms with Gasteiger partial charge in [0.15, 0.2) is 0 Å². The normalized spacial score (nSPS) is 17.2. The first-order chi connectivity index (χ1) is 12.5. The molecule has 3 aromatic rings. The van der Waals surface area contributed by atoms with Crippen molar-refractivity contribution in [2.45, 2.75) is 26.3 Å². The Kier molecular flexibility index (Phi) is 3.98. The number of methoxy groups -OCH3 is 1. The minimum atomic E-state index is 0.0756. The van der Waals surface area contributed by atoms with Crippen LogP contribution in [0.4, 0.5) is 0 Å². The number of fused-ring (bicyclic) bond motifs is 1. The number of carbonyl (C=O) groups excluding carboxylic acids is 1. The van der Waals surface area contributed by atoms with E-state index in [1.807, 2.05) is 47.7 Å². The van der Waals surface area contributed by atoms with Crippen molar-refractivity contribution in [3.8, 4) is 5.75 Å². The standard InChI is InChI=1S/C20H24N4O2/c1-13-9-14(2)24(21-13)16-7-8-23(12-16)20(25)19-10-15-5-6-17(26-4)11-18(15)22(19)3/h5-6,9-11,16H,7-8,12H2,1-4H3/t16-/m0/s1. The number of nitrogens with zero attached hydrogens (tertiary/aromatic N) is 4. The number of ether oxygens (including phenoxy) is 1. The van der Waals surface area contributed by atoms with Crippen molar-refractivity contribution in [3.63, 3.8) is 0 Å². The molecule has 1 fully saturated rings. The fraction of sp³-hybridized carbons (Fsp3) is 0.400. The number of benzene rings is 1. The molecule has 136 valence electrons. The quantitative estimate of drug-likeness (QED) is 0.728. The van der Waals surface area contributed by atoms with Crippen LogP contribution >= 0.6 is 0 Å². The fourth-order valence-electron chi connectivity index (χ4n) is 3.95. The summed E-state index contributed by atoms with van der Waals surface area (Å²) in [6.07, 6.45) is 0.936. The lowest BCUT2D eigenvalue weighted by Crippen LogP contribution is -2.30. The molecule has 0 aliphatic carbocycles. The van der Waals surface area contributed by atoms with Crippen molar-refractivity contribution in [1.29, 1.82) is 0 Å². The number of aryl methyl sites for hydroxylation is 3. The van der Waals surface area contributed by atoms with E-state index < -0.39 is 0 Å². The first kappa shape index (κ1) is 16.7. The largest absolute Gasteiger partial charge is 0.497 e. The minimum Gasteiger partial charge on any atom is -0.497 e. The van der Waals surface area contributed by atoms with Gasteiger partial charge in [-0.05, 0) is 44.5 Å². The molecule has 0 saturated carbocycles. The molecule has 1 aromatic carbocycles. The fourth-order valence-corrected chi connectivity index (χ4v) is 3.95. The highest BCUT2D eigenvalue weighted by molar-refractivity contribution is 5.99. The molecule has 0 unspecified atom stereocenters. The zero-order valence-electron chi connectivity index (χ0n) is 15.7. The van der Waals surface area contributed by atoms with Crippen LogP contribution in [0.2, 0.25) is 0 Å². The summed E-state index contributed by atoms with van der Waals surface area (Å²) in [5, 5.41) is 5.64. The first-order valence-electron chi connectivity index (χ1n) is 8.93. The van der Waals surface area contributed by atoms with Gasteiger partial charge in [-0.1, -0.05) is 0 Å². The van der Waals surface area contributed by atoms with E-state index in [2.05, 4.69) is 22.8 Å². The molecule has 1 aliphatic heterocycles. The maximum Gasteiger partial charge on any atom is 0.270 e. The lowest BCUT2D eigenvalue weighted by atomic mass is 10.2. The number of likely N-dealkylation sites (tertiary alicyclic amines) is 1. The van der Waals surface area contributed by atoms with Gasteiger partial charge in [-0.25, -0.2) is 0 Å². The predicted octanol–water partition coefficient (Wildman–Crippen LogP) is 3.09. The van der Waals surface area contributed by atoms with Crippen molar-refractivity contribution in [3.05, 3.63) is 47.4 Å². The van der Waals surface area contributed by atoms with Crippen molar-refractivity contribution in [2.24, 2.45) is 7.05 Å². The SMILES string of the molecule is COc1ccc2cc(C(=O)N3CC[C@H](n4nc(C)cc4C)C3)n(C)c2c1. The van der Waals surface area contributed by atoms with Crippen LogP contribution < -0.4 is 4.74 Å². The Labute approximate surface area is 153 Å². The highest BCUT2D eigenvalue weighted by Gasteiger charge is 2.30. The monoisotopic (exact) mass is 352 g/mol. The van der Waals surface area contributed by atoms with E-state index in [0.717, 1.165) is 41.0 Å². The zero-order valence-corrected chi connectivity index (χ0v) is 15.7. The maximum absolute atomic E-state index is 13.1. The van der Waals surface area contributed by atoms with Crippen molar-refractivity contribution < 1.29 is 9.53 Å². The van der Waals surface area contributed by atoms with Gasteiger partial charge in [-0.15, -0.1) is 0 Å². The number of carbonyl (C=O) groups is 1. The smallest absolute Gasteiger partial charge is 0.270 e. The van der Waals surface area contributed by atoms with Gasteiger partial charge >= 0.3 is 0 Å². The van der Waals surface area contributed by atoms with Gasteiger partial charge in [-0.3, -0.25) is 9.48 Å². The molecule has 1 atom stereocenters. The molecule has 0 bridgehead atoms. The Bertz CT molecular complexity index is 985. The molecule has 1 saturated heterocycles. The third kappa shape index (κ3) is 2.66. The summed E-state index contributed by atoms with van der Waals surface area (Å²) in [4.78, 5) is 15.0. The highest BCUT2D eigenvalue weighted by Crippen LogP contribution is 2.28. The Morgan fingerprint density at radius 1 is 1.23 bits per heavy atom. The maximum atomic E-state index is 13.1. The average Bonchev–Trinajstić information content (AvgIpc) is 3.32. The first-order valence-corrected chi connectivity index (χ1v) is 8.93. The van der Waals surface area contributed by atoms with E-state index in [0.29, 0.717) is 12.2 Å². The number of rotatable bonds is 3. The summed E-state index contributed by atoms with van der Waals surface area (Å²) in [5.41, 5.74) is 3.89. The van der Waals surface area contributed by atoms with Crippen LogP contribution in [-0.2, 0) is 7.05 Å². The van der Waals surface area contributed by atoms with Gasteiger partial charge in [0.1, 0.15) is 11.4 Å². The molecule has 4 rings (SSSR count). The summed E-state index contributed by atoms with van der Waals surface area (Å²) in [7, 11) is 3.59. The Hall–Kier alpha value is -2.76.